The molecule has 0 amide bonds. The van der Waals surface area contributed by atoms with Crippen LogP contribution in [0.5, 0.6) is 5.75 Å². The number of carboxylic acid groups (broad SMARTS) is 1. The Morgan fingerprint density at radius 3 is 2.02 bits per heavy atom. The fourth-order valence-corrected chi connectivity index (χ4v) is 7.67. The van der Waals surface area contributed by atoms with Crippen LogP contribution in [0.2, 0.25) is 5.02 Å². The van der Waals surface area contributed by atoms with Crippen molar-refractivity contribution in [1.82, 2.24) is 9.29 Å². The normalized spacial score (nSPS) is 11.6. The second kappa shape index (κ2) is 15.6. The lowest BCUT2D eigenvalue weighted by Crippen LogP contribution is -2.27. The Kier molecular flexibility index (Phi) is 10.8. The highest BCUT2D eigenvalue weighted by Gasteiger charge is 2.25. The minimum atomic E-state index is -3.53. The van der Waals surface area contributed by atoms with E-state index >= 15 is 0 Å². The van der Waals surface area contributed by atoms with Gasteiger partial charge in [-0.3, -0.25) is 0 Å². The number of hydrogen-bond donors (Lipinski definition) is 2. The van der Waals surface area contributed by atoms with Gasteiger partial charge in [-0.05, 0) is 77.6 Å². The molecule has 7 nitrogen and oxygen atoms in total. The standard InChI is InChI=1S/C40H37ClN2O5S/c41-33-20-23-38-36(27-33)35(24-26-48-34-21-18-32(19-22-34)40(44)45)37(17-10-25-42-49(46,47)28-29-11-4-1-5-12-29)43(38)39(30-13-6-2-7-14-30)31-15-8-3-9-16-31/h1-9,11-16,18-23,27,39,42H,10,17,24-26,28H2,(H,44,45). The van der Waals surface area contributed by atoms with E-state index in [1.54, 1.807) is 12.1 Å². The maximum atomic E-state index is 13.0. The third kappa shape index (κ3) is 8.40. The summed E-state index contributed by atoms with van der Waals surface area (Å²) in [5.74, 6) is -0.491. The number of carbonyl (C=O) groups is 1. The first-order valence-corrected chi connectivity index (χ1v) is 18.2. The predicted octanol–water partition coefficient (Wildman–Crippen LogP) is 8.30. The Morgan fingerprint density at radius 1 is 0.796 bits per heavy atom. The van der Waals surface area contributed by atoms with Crippen molar-refractivity contribution in [2.75, 3.05) is 13.2 Å². The predicted molar refractivity (Wildman–Crippen MR) is 195 cm³/mol. The van der Waals surface area contributed by atoms with Gasteiger partial charge in [0.05, 0.1) is 24.0 Å². The van der Waals surface area contributed by atoms with Crippen LogP contribution in [0.25, 0.3) is 10.9 Å². The van der Waals surface area contributed by atoms with Crippen molar-refractivity contribution in [2.24, 2.45) is 0 Å². The van der Waals surface area contributed by atoms with Crippen molar-refractivity contribution in [2.45, 2.75) is 31.1 Å². The molecule has 0 unspecified atom stereocenters. The molecule has 0 saturated carbocycles. The van der Waals surface area contributed by atoms with Crippen LogP contribution < -0.4 is 9.46 Å². The fraction of sp³-hybridized carbons (Fsp3) is 0.175. The quantitative estimate of drug-likeness (QED) is 0.106. The summed E-state index contributed by atoms with van der Waals surface area (Å²) in [5, 5.41) is 10.9. The molecule has 9 heteroatoms. The number of aromatic carboxylic acids is 1. The molecule has 0 bridgehead atoms. The summed E-state index contributed by atoms with van der Waals surface area (Å²) in [6.07, 6.45) is 1.72. The van der Waals surface area contributed by atoms with Gasteiger partial charge in [0.1, 0.15) is 5.75 Å². The molecule has 49 heavy (non-hydrogen) atoms. The molecule has 0 aliphatic heterocycles. The van der Waals surface area contributed by atoms with Crippen molar-refractivity contribution >= 4 is 38.5 Å². The molecule has 0 spiro atoms. The lowest BCUT2D eigenvalue weighted by atomic mass is 9.97. The molecule has 6 rings (SSSR count). The number of carboxylic acids is 1. The second-order valence-electron chi connectivity index (χ2n) is 11.9. The van der Waals surface area contributed by atoms with Crippen molar-refractivity contribution in [1.29, 1.82) is 0 Å². The Hall–Kier alpha value is -4.89. The summed E-state index contributed by atoms with van der Waals surface area (Å²) < 4.78 is 37.2. The maximum Gasteiger partial charge on any atom is 0.335 e. The highest BCUT2D eigenvalue weighted by atomic mass is 35.5. The molecular weight excluding hydrogens is 656 g/mol. The number of aromatic nitrogens is 1. The van der Waals surface area contributed by atoms with Gasteiger partial charge in [0.2, 0.25) is 10.0 Å². The molecule has 0 saturated heterocycles. The van der Waals surface area contributed by atoms with E-state index in [1.807, 2.05) is 78.9 Å². The monoisotopic (exact) mass is 692 g/mol. The SMILES string of the molecule is O=C(O)c1ccc(OCCc2c(CCCNS(=O)(=O)Cc3ccccc3)n(C(c3ccccc3)c3ccccc3)c3ccc(Cl)cc23)cc1. The molecule has 0 fully saturated rings. The van der Waals surface area contributed by atoms with E-state index in [9.17, 15) is 18.3 Å². The van der Waals surface area contributed by atoms with Crippen LogP contribution in [0.15, 0.2) is 133 Å². The van der Waals surface area contributed by atoms with Gasteiger partial charge in [-0.2, -0.15) is 0 Å². The summed E-state index contributed by atoms with van der Waals surface area (Å²) in [4.78, 5) is 11.3. The molecule has 2 N–H and O–H groups in total. The Labute approximate surface area is 291 Å². The first-order chi connectivity index (χ1) is 23.8. The van der Waals surface area contributed by atoms with Gasteiger partial charge in [0.15, 0.2) is 0 Å². The molecule has 1 heterocycles. The molecule has 0 radical (unpaired) electrons. The average Bonchev–Trinajstić information content (AvgIpc) is 3.39. The molecule has 250 valence electrons. The van der Waals surface area contributed by atoms with Gasteiger partial charge in [-0.1, -0.05) is 103 Å². The zero-order valence-corrected chi connectivity index (χ0v) is 28.4. The minimum absolute atomic E-state index is 0.0767. The van der Waals surface area contributed by atoms with Crippen LogP contribution in [0.4, 0.5) is 0 Å². The molecule has 0 aliphatic carbocycles. The summed E-state index contributed by atoms with van der Waals surface area (Å²) in [6.45, 7) is 0.626. The van der Waals surface area contributed by atoms with E-state index < -0.39 is 16.0 Å². The van der Waals surface area contributed by atoms with E-state index in [-0.39, 0.29) is 23.9 Å². The van der Waals surface area contributed by atoms with E-state index in [1.165, 1.54) is 12.1 Å². The number of nitrogens with zero attached hydrogens (tertiary/aromatic N) is 1. The number of nitrogens with one attached hydrogen (secondary N) is 1. The number of ether oxygens (including phenoxy) is 1. The summed E-state index contributed by atoms with van der Waals surface area (Å²) >= 11 is 6.61. The highest BCUT2D eigenvalue weighted by Crippen LogP contribution is 2.38. The zero-order valence-electron chi connectivity index (χ0n) is 26.8. The minimum Gasteiger partial charge on any atom is -0.493 e. The number of halogens is 1. The molecule has 0 atom stereocenters. The van der Waals surface area contributed by atoms with Crippen molar-refractivity contribution in [3.63, 3.8) is 0 Å². The number of rotatable bonds is 15. The first kappa shape index (κ1) is 34.0. The van der Waals surface area contributed by atoms with E-state index in [0.29, 0.717) is 36.6 Å². The van der Waals surface area contributed by atoms with Crippen LogP contribution >= 0.6 is 11.6 Å². The highest BCUT2D eigenvalue weighted by molar-refractivity contribution is 7.88. The Balaban J connectivity index is 1.36. The lowest BCUT2D eigenvalue weighted by molar-refractivity contribution is 0.0697. The third-order valence-corrected chi connectivity index (χ3v) is 10.1. The van der Waals surface area contributed by atoms with Crippen molar-refractivity contribution < 1.29 is 23.1 Å². The van der Waals surface area contributed by atoms with Gasteiger partial charge in [-0.15, -0.1) is 0 Å². The van der Waals surface area contributed by atoms with E-state index in [0.717, 1.165) is 38.9 Å². The number of hydrogen-bond acceptors (Lipinski definition) is 4. The third-order valence-electron chi connectivity index (χ3n) is 8.51. The van der Waals surface area contributed by atoms with E-state index in [4.69, 9.17) is 16.3 Å². The summed E-state index contributed by atoms with van der Waals surface area (Å²) in [7, 11) is -3.53. The summed E-state index contributed by atoms with van der Waals surface area (Å²) in [5.41, 5.74) is 6.33. The Bertz CT molecular complexity index is 2080. The van der Waals surface area contributed by atoms with Gasteiger partial charge >= 0.3 is 5.97 Å². The average molecular weight is 693 g/mol. The van der Waals surface area contributed by atoms with E-state index in [2.05, 4.69) is 39.6 Å². The molecule has 6 aromatic rings. The molecular formula is C40H37ClN2O5S. The fourth-order valence-electron chi connectivity index (χ4n) is 6.31. The summed E-state index contributed by atoms with van der Waals surface area (Å²) in [6, 6.07) is 42.0. The van der Waals surface area contributed by atoms with Gasteiger partial charge in [0, 0.05) is 34.6 Å². The van der Waals surface area contributed by atoms with Crippen LogP contribution in [-0.2, 0) is 28.6 Å². The zero-order chi connectivity index (χ0) is 34.2. The van der Waals surface area contributed by atoms with Gasteiger partial charge in [-0.25, -0.2) is 17.9 Å². The van der Waals surface area contributed by atoms with Crippen molar-refractivity contribution in [3.05, 3.63) is 172 Å². The number of fused-ring (bicyclic) bond motifs is 1. The molecule has 1 aromatic heterocycles. The maximum absolute atomic E-state index is 13.0. The van der Waals surface area contributed by atoms with Crippen LogP contribution in [0.1, 0.15) is 50.8 Å². The van der Waals surface area contributed by atoms with Gasteiger partial charge in [0.25, 0.3) is 0 Å². The Morgan fingerprint density at radius 2 is 1.41 bits per heavy atom. The van der Waals surface area contributed by atoms with Crippen LogP contribution in [0.3, 0.4) is 0 Å². The van der Waals surface area contributed by atoms with Gasteiger partial charge < -0.3 is 14.4 Å². The second-order valence-corrected chi connectivity index (χ2v) is 14.1. The smallest absolute Gasteiger partial charge is 0.335 e. The largest absolute Gasteiger partial charge is 0.493 e. The molecule has 5 aromatic carbocycles. The first-order valence-electron chi connectivity index (χ1n) is 16.2. The van der Waals surface area contributed by atoms with Crippen LogP contribution in [-0.4, -0.2) is 37.2 Å². The van der Waals surface area contributed by atoms with Crippen molar-refractivity contribution in [3.8, 4) is 5.75 Å². The number of sulfonamides is 1. The number of benzene rings is 5. The molecule has 0 aliphatic rings. The topological polar surface area (TPSA) is 97.6 Å². The van der Waals surface area contributed by atoms with Crippen LogP contribution in [0, 0.1) is 0 Å². The lowest BCUT2D eigenvalue weighted by Gasteiger charge is -2.25.